The minimum Gasteiger partial charge on any atom is -0.490 e. The van der Waals surface area contributed by atoms with Gasteiger partial charge in [-0.05, 0) is 71.8 Å². The Labute approximate surface area is 188 Å². The van der Waals surface area contributed by atoms with E-state index in [0.29, 0.717) is 36.0 Å². The number of anilines is 1. The molecule has 3 rings (SSSR count). The number of halogens is 1. The highest BCUT2D eigenvalue weighted by Crippen LogP contribution is 2.35. The van der Waals surface area contributed by atoms with Gasteiger partial charge in [0.05, 0.1) is 22.5 Å². The molecule has 156 valence electrons. The Kier molecular flexibility index (Phi) is 7.09. The van der Waals surface area contributed by atoms with E-state index in [0.717, 1.165) is 14.9 Å². The molecule has 0 spiro atoms. The molecule has 1 N–H and O–H groups in total. The first kappa shape index (κ1) is 21.8. The third-order valence-corrected chi connectivity index (χ3v) is 5.01. The summed E-state index contributed by atoms with van der Waals surface area (Å²) in [5, 5.41) is 2.22. The number of carbonyl (C=O) groups excluding carboxylic acids is 3. The lowest BCUT2D eigenvalue weighted by atomic mass is 10.1. The first-order valence-corrected chi connectivity index (χ1v) is 10.6. The van der Waals surface area contributed by atoms with E-state index in [4.69, 9.17) is 9.47 Å². The quantitative estimate of drug-likeness (QED) is 0.337. The number of amides is 4. The summed E-state index contributed by atoms with van der Waals surface area (Å²) in [6, 6.07) is 11.2. The second-order valence-corrected chi connectivity index (χ2v) is 7.57. The Bertz CT molecular complexity index is 1000. The van der Waals surface area contributed by atoms with Crippen LogP contribution in [-0.4, -0.2) is 31.1 Å². The number of nitrogens with zero attached hydrogens (tertiary/aromatic N) is 1. The van der Waals surface area contributed by atoms with Gasteiger partial charge in [-0.2, -0.15) is 0 Å². The van der Waals surface area contributed by atoms with Gasteiger partial charge in [-0.25, -0.2) is 9.69 Å². The fourth-order valence-corrected chi connectivity index (χ4v) is 3.70. The fourth-order valence-electron chi connectivity index (χ4n) is 2.91. The number of ether oxygens (including phenoxy) is 2. The van der Waals surface area contributed by atoms with Gasteiger partial charge in [-0.15, -0.1) is 0 Å². The van der Waals surface area contributed by atoms with Crippen molar-refractivity contribution in [2.45, 2.75) is 20.3 Å². The van der Waals surface area contributed by atoms with Crippen LogP contribution in [0.25, 0.3) is 6.08 Å². The molecule has 1 fully saturated rings. The number of imide groups is 2. The molecule has 8 heteroatoms. The predicted octanol–water partition coefficient (Wildman–Crippen LogP) is 4.15. The lowest BCUT2D eigenvalue weighted by molar-refractivity contribution is -0.122. The average molecular weight is 520 g/mol. The molecule has 1 saturated heterocycles. The molecule has 0 unspecified atom stereocenters. The molecular formula is C22H21IN2O5. The largest absolute Gasteiger partial charge is 0.490 e. The molecule has 4 amide bonds. The van der Waals surface area contributed by atoms with Crippen LogP contribution in [0.15, 0.2) is 48.0 Å². The van der Waals surface area contributed by atoms with Gasteiger partial charge in [0.25, 0.3) is 11.8 Å². The third-order valence-electron chi connectivity index (χ3n) is 4.21. The molecule has 1 aliphatic heterocycles. The van der Waals surface area contributed by atoms with Crippen LogP contribution >= 0.6 is 22.6 Å². The van der Waals surface area contributed by atoms with Crippen molar-refractivity contribution in [2.24, 2.45) is 0 Å². The molecule has 0 bridgehead atoms. The van der Waals surface area contributed by atoms with Gasteiger partial charge in [-0.1, -0.05) is 25.1 Å². The van der Waals surface area contributed by atoms with E-state index in [1.807, 2.05) is 13.8 Å². The smallest absolute Gasteiger partial charge is 0.335 e. The first-order chi connectivity index (χ1) is 14.5. The summed E-state index contributed by atoms with van der Waals surface area (Å²) in [5.74, 6) is -0.267. The molecule has 1 aliphatic rings. The molecule has 7 nitrogen and oxygen atoms in total. The van der Waals surface area contributed by atoms with E-state index < -0.39 is 17.8 Å². The van der Waals surface area contributed by atoms with Gasteiger partial charge < -0.3 is 9.47 Å². The Morgan fingerprint density at radius 1 is 1.07 bits per heavy atom. The Hall–Kier alpha value is -2.88. The van der Waals surface area contributed by atoms with Gasteiger partial charge in [-0.3, -0.25) is 14.9 Å². The van der Waals surface area contributed by atoms with E-state index in [-0.39, 0.29) is 5.57 Å². The molecule has 0 aliphatic carbocycles. The van der Waals surface area contributed by atoms with Crippen molar-refractivity contribution in [3.63, 3.8) is 0 Å². The van der Waals surface area contributed by atoms with Gasteiger partial charge >= 0.3 is 6.03 Å². The SMILES string of the molecule is CCCOc1c(I)cc(/C=C2\C(=O)NC(=O)N(c3ccccc3)C2=O)cc1OCC. The first-order valence-electron chi connectivity index (χ1n) is 9.51. The van der Waals surface area contributed by atoms with Crippen molar-refractivity contribution in [3.8, 4) is 11.5 Å². The second-order valence-electron chi connectivity index (χ2n) is 6.40. The minimum atomic E-state index is -0.777. The van der Waals surface area contributed by atoms with Crippen molar-refractivity contribution in [2.75, 3.05) is 18.1 Å². The molecule has 2 aromatic rings. The van der Waals surface area contributed by atoms with Crippen LogP contribution < -0.4 is 19.7 Å². The molecule has 30 heavy (non-hydrogen) atoms. The van der Waals surface area contributed by atoms with Crippen LogP contribution in [0.4, 0.5) is 10.5 Å². The maximum absolute atomic E-state index is 13.0. The highest BCUT2D eigenvalue weighted by molar-refractivity contribution is 14.1. The lowest BCUT2D eigenvalue weighted by Gasteiger charge is -2.26. The van der Waals surface area contributed by atoms with E-state index in [1.165, 1.54) is 6.08 Å². The number of hydrogen-bond acceptors (Lipinski definition) is 5. The fraction of sp³-hybridized carbons (Fsp3) is 0.227. The number of barbiturate groups is 1. The van der Waals surface area contributed by atoms with Crippen LogP contribution in [0, 0.1) is 3.57 Å². The summed E-state index contributed by atoms with van der Waals surface area (Å²) >= 11 is 2.13. The summed E-state index contributed by atoms with van der Waals surface area (Å²) in [5.41, 5.74) is 0.831. The van der Waals surface area contributed by atoms with Gasteiger partial charge in [0, 0.05) is 0 Å². The second kappa shape index (κ2) is 9.75. The van der Waals surface area contributed by atoms with E-state index >= 15 is 0 Å². The molecule has 0 atom stereocenters. The summed E-state index contributed by atoms with van der Waals surface area (Å²) in [4.78, 5) is 38.6. The standard InChI is InChI=1S/C22H21IN2O5/c1-3-10-30-19-17(23)12-14(13-18(19)29-4-2)11-16-20(26)24-22(28)25(21(16)27)15-8-6-5-7-9-15/h5-9,11-13H,3-4,10H2,1-2H3,(H,24,26,28)/b16-11+. The van der Waals surface area contributed by atoms with E-state index in [2.05, 4.69) is 27.9 Å². The van der Waals surface area contributed by atoms with Gasteiger partial charge in [0.15, 0.2) is 11.5 Å². The molecule has 0 radical (unpaired) electrons. The number of benzene rings is 2. The zero-order chi connectivity index (χ0) is 21.7. The van der Waals surface area contributed by atoms with Crippen LogP contribution in [-0.2, 0) is 9.59 Å². The summed E-state index contributed by atoms with van der Waals surface area (Å²) < 4.78 is 12.3. The third kappa shape index (κ3) is 4.64. The molecule has 2 aromatic carbocycles. The Balaban J connectivity index is 2.01. The lowest BCUT2D eigenvalue weighted by Crippen LogP contribution is -2.54. The Morgan fingerprint density at radius 3 is 2.47 bits per heavy atom. The summed E-state index contributed by atoms with van der Waals surface area (Å²) in [6.07, 6.45) is 2.31. The van der Waals surface area contributed by atoms with Crippen LogP contribution in [0.2, 0.25) is 0 Å². The van der Waals surface area contributed by atoms with Crippen molar-refractivity contribution < 1.29 is 23.9 Å². The average Bonchev–Trinajstić information content (AvgIpc) is 2.71. The van der Waals surface area contributed by atoms with Gasteiger partial charge in [0.2, 0.25) is 0 Å². The molecular weight excluding hydrogens is 499 g/mol. The maximum atomic E-state index is 13.0. The predicted molar refractivity (Wildman–Crippen MR) is 122 cm³/mol. The van der Waals surface area contributed by atoms with Gasteiger partial charge in [0.1, 0.15) is 5.57 Å². The molecule has 1 heterocycles. The minimum absolute atomic E-state index is 0.140. The van der Waals surface area contributed by atoms with Crippen molar-refractivity contribution in [1.29, 1.82) is 0 Å². The number of nitrogens with one attached hydrogen (secondary N) is 1. The summed E-state index contributed by atoms with van der Waals surface area (Å²) in [6.45, 7) is 4.86. The number of hydrogen-bond donors (Lipinski definition) is 1. The van der Waals surface area contributed by atoms with Crippen molar-refractivity contribution in [1.82, 2.24) is 5.32 Å². The monoisotopic (exact) mass is 520 g/mol. The van der Waals surface area contributed by atoms with Crippen LogP contribution in [0.3, 0.4) is 0 Å². The van der Waals surface area contributed by atoms with Crippen molar-refractivity contribution >= 4 is 52.2 Å². The zero-order valence-electron chi connectivity index (χ0n) is 16.6. The topological polar surface area (TPSA) is 84.9 Å². The van der Waals surface area contributed by atoms with E-state index in [9.17, 15) is 14.4 Å². The van der Waals surface area contributed by atoms with Crippen LogP contribution in [0.1, 0.15) is 25.8 Å². The van der Waals surface area contributed by atoms with E-state index in [1.54, 1.807) is 42.5 Å². The highest BCUT2D eigenvalue weighted by atomic mass is 127. The number of rotatable bonds is 7. The highest BCUT2D eigenvalue weighted by Gasteiger charge is 2.36. The molecule has 0 aromatic heterocycles. The zero-order valence-corrected chi connectivity index (χ0v) is 18.8. The number of para-hydroxylation sites is 1. The summed E-state index contributed by atoms with van der Waals surface area (Å²) in [7, 11) is 0. The maximum Gasteiger partial charge on any atom is 0.335 e. The Morgan fingerprint density at radius 2 is 1.80 bits per heavy atom. The normalized spacial score (nSPS) is 15.4. The number of urea groups is 1. The van der Waals surface area contributed by atoms with Crippen molar-refractivity contribution in [3.05, 3.63) is 57.2 Å². The molecule has 0 saturated carbocycles. The van der Waals surface area contributed by atoms with Crippen LogP contribution in [0.5, 0.6) is 11.5 Å². The number of carbonyl (C=O) groups is 3.